The number of carboxylic acids is 1. The zero-order valence-electron chi connectivity index (χ0n) is 8.00. The van der Waals surface area contributed by atoms with Gasteiger partial charge < -0.3 is 10.4 Å². The Morgan fingerprint density at radius 1 is 1.50 bits per heavy atom. The van der Waals surface area contributed by atoms with Crippen LogP contribution in [-0.2, 0) is 0 Å². The lowest BCUT2D eigenvalue weighted by atomic mass is 10.0. The molecule has 74 valence electrons. The quantitative estimate of drug-likeness (QED) is 0.715. The largest absolute Gasteiger partial charge is 0.478 e. The summed E-state index contributed by atoms with van der Waals surface area (Å²) in [5, 5.41) is 11.7. The first-order valence-electron chi connectivity index (χ1n) is 4.11. The van der Waals surface area contributed by atoms with Gasteiger partial charge in [-0.2, -0.15) is 0 Å². The number of nitrogens with one attached hydrogen (secondary N) is 1. The summed E-state index contributed by atoms with van der Waals surface area (Å²) in [6.45, 7) is 1.70. The molecule has 0 aliphatic rings. The van der Waals surface area contributed by atoms with Gasteiger partial charge in [0.05, 0.1) is 5.56 Å². The topological polar surface area (TPSA) is 66.4 Å². The normalized spacial score (nSPS) is 9.57. The van der Waals surface area contributed by atoms with Gasteiger partial charge in [0, 0.05) is 18.3 Å². The van der Waals surface area contributed by atoms with Crippen LogP contribution in [0, 0.1) is 6.92 Å². The van der Waals surface area contributed by atoms with Crippen LogP contribution in [-0.4, -0.2) is 24.4 Å². The number of benzene rings is 1. The molecular formula is C10H11NO3. The van der Waals surface area contributed by atoms with E-state index in [0.29, 0.717) is 23.1 Å². The summed E-state index contributed by atoms with van der Waals surface area (Å²) in [5.41, 5.74) is 1.80. The lowest BCUT2D eigenvalue weighted by Gasteiger charge is -2.08. The molecule has 4 heteroatoms. The standard InChI is InChI=1S/C10H11NO3/c1-6-8(10(13)14)3-7(5-12)4-9(6)11-2/h3-5,11H,1-2H3,(H,13,14). The third-order valence-corrected chi connectivity index (χ3v) is 2.07. The van der Waals surface area contributed by atoms with Crippen LogP contribution in [0.1, 0.15) is 26.3 Å². The van der Waals surface area contributed by atoms with Crippen LogP contribution < -0.4 is 5.32 Å². The second-order valence-electron chi connectivity index (χ2n) is 2.91. The Balaban J connectivity index is 3.41. The van der Waals surface area contributed by atoms with Crippen molar-refractivity contribution in [1.29, 1.82) is 0 Å². The van der Waals surface area contributed by atoms with Crippen LogP contribution in [0.4, 0.5) is 5.69 Å². The van der Waals surface area contributed by atoms with Gasteiger partial charge in [0.15, 0.2) is 0 Å². The van der Waals surface area contributed by atoms with Gasteiger partial charge in [0.25, 0.3) is 0 Å². The number of aldehydes is 1. The molecule has 0 heterocycles. The Morgan fingerprint density at radius 2 is 2.14 bits per heavy atom. The average Bonchev–Trinajstić information content (AvgIpc) is 2.17. The van der Waals surface area contributed by atoms with E-state index in [4.69, 9.17) is 5.11 Å². The van der Waals surface area contributed by atoms with Gasteiger partial charge in [-0.05, 0) is 24.6 Å². The molecule has 0 saturated carbocycles. The van der Waals surface area contributed by atoms with Crippen molar-refractivity contribution >= 4 is 17.9 Å². The van der Waals surface area contributed by atoms with Crippen molar-refractivity contribution in [3.8, 4) is 0 Å². The van der Waals surface area contributed by atoms with Crippen molar-refractivity contribution in [2.45, 2.75) is 6.92 Å². The minimum atomic E-state index is -1.03. The van der Waals surface area contributed by atoms with Gasteiger partial charge in [-0.25, -0.2) is 4.79 Å². The second-order valence-corrected chi connectivity index (χ2v) is 2.91. The van der Waals surface area contributed by atoms with Gasteiger partial charge >= 0.3 is 5.97 Å². The van der Waals surface area contributed by atoms with Crippen LogP contribution >= 0.6 is 0 Å². The molecule has 0 fully saturated rings. The molecule has 0 spiro atoms. The molecule has 0 radical (unpaired) electrons. The molecule has 1 aromatic carbocycles. The summed E-state index contributed by atoms with van der Waals surface area (Å²) in [7, 11) is 1.68. The fourth-order valence-electron chi connectivity index (χ4n) is 1.29. The van der Waals surface area contributed by atoms with Crippen molar-refractivity contribution in [2.75, 3.05) is 12.4 Å². The highest BCUT2D eigenvalue weighted by molar-refractivity contribution is 5.94. The van der Waals surface area contributed by atoms with Crippen molar-refractivity contribution in [2.24, 2.45) is 0 Å². The minimum Gasteiger partial charge on any atom is -0.478 e. The summed E-state index contributed by atoms with van der Waals surface area (Å²) in [6, 6.07) is 2.99. The van der Waals surface area contributed by atoms with Crippen molar-refractivity contribution in [3.05, 3.63) is 28.8 Å². The van der Waals surface area contributed by atoms with Gasteiger partial charge in [0.1, 0.15) is 6.29 Å². The van der Waals surface area contributed by atoms with E-state index in [9.17, 15) is 9.59 Å². The number of hydrogen-bond donors (Lipinski definition) is 2. The van der Waals surface area contributed by atoms with Crippen LogP contribution in [0.3, 0.4) is 0 Å². The molecule has 14 heavy (non-hydrogen) atoms. The zero-order valence-corrected chi connectivity index (χ0v) is 8.00. The lowest BCUT2D eigenvalue weighted by Crippen LogP contribution is -2.04. The van der Waals surface area contributed by atoms with Gasteiger partial charge in [-0.1, -0.05) is 0 Å². The number of anilines is 1. The lowest BCUT2D eigenvalue weighted by molar-refractivity contribution is 0.0696. The number of aromatic carboxylic acids is 1. The number of hydrogen-bond acceptors (Lipinski definition) is 3. The number of carbonyl (C=O) groups excluding carboxylic acids is 1. The number of rotatable bonds is 3. The second kappa shape index (κ2) is 3.91. The highest BCUT2D eigenvalue weighted by Crippen LogP contribution is 2.20. The Hall–Kier alpha value is -1.84. The predicted octanol–water partition coefficient (Wildman–Crippen LogP) is 1.55. The third kappa shape index (κ3) is 1.74. The highest BCUT2D eigenvalue weighted by Gasteiger charge is 2.11. The van der Waals surface area contributed by atoms with Crippen LogP contribution in [0.5, 0.6) is 0 Å². The molecule has 0 atom stereocenters. The Bertz CT molecular complexity index is 385. The molecule has 0 aromatic heterocycles. The van der Waals surface area contributed by atoms with E-state index in [-0.39, 0.29) is 5.56 Å². The van der Waals surface area contributed by atoms with Crippen LogP contribution in [0.15, 0.2) is 12.1 Å². The summed E-state index contributed by atoms with van der Waals surface area (Å²) in [5.74, 6) is -1.03. The minimum absolute atomic E-state index is 0.152. The van der Waals surface area contributed by atoms with E-state index in [1.54, 1.807) is 20.0 Å². The molecule has 2 N–H and O–H groups in total. The van der Waals surface area contributed by atoms with Gasteiger partial charge in [-0.15, -0.1) is 0 Å². The first-order chi connectivity index (χ1) is 6.60. The number of carbonyl (C=O) groups is 2. The molecule has 0 aliphatic heterocycles. The Labute approximate surface area is 81.6 Å². The molecule has 4 nitrogen and oxygen atoms in total. The molecular weight excluding hydrogens is 182 g/mol. The van der Waals surface area contributed by atoms with E-state index in [2.05, 4.69) is 5.32 Å². The molecule has 0 aliphatic carbocycles. The summed E-state index contributed by atoms with van der Waals surface area (Å²) >= 11 is 0. The fourth-order valence-corrected chi connectivity index (χ4v) is 1.29. The maximum absolute atomic E-state index is 10.8. The molecule has 0 unspecified atom stereocenters. The SMILES string of the molecule is CNc1cc(C=O)cc(C(=O)O)c1C. The van der Waals surface area contributed by atoms with Crippen molar-refractivity contribution in [3.63, 3.8) is 0 Å². The van der Waals surface area contributed by atoms with E-state index in [0.717, 1.165) is 0 Å². The van der Waals surface area contributed by atoms with Crippen LogP contribution in [0.2, 0.25) is 0 Å². The Morgan fingerprint density at radius 3 is 2.57 bits per heavy atom. The molecule has 0 saturated heterocycles. The number of carboxylic acid groups (broad SMARTS) is 1. The third-order valence-electron chi connectivity index (χ3n) is 2.07. The van der Waals surface area contributed by atoms with E-state index in [1.165, 1.54) is 6.07 Å². The Kier molecular flexibility index (Phi) is 2.86. The average molecular weight is 193 g/mol. The molecule has 1 aromatic rings. The first kappa shape index (κ1) is 10.2. The van der Waals surface area contributed by atoms with E-state index in [1.807, 2.05) is 0 Å². The van der Waals surface area contributed by atoms with Gasteiger partial charge in [-0.3, -0.25) is 4.79 Å². The smallest absolute Gasteiger partial charge is 0.336 e. The van der Waals surface area contributed by atoms with Gasteiger partial charge in [0.2, 0.25) is 0 Å². The fraction of sp³-hybridized carbons (Fsp3) is 0.200. The molecule has 0 amide bonds. The first-order valence-corrected chi connectivity index (χ1v) is 4.11. The summed E-state index contributed by atoms with van der Waals surface area (Å²) in [6.07, 6.45) is 0.632. The van der Waals surface area contributed by atoms with Crippen LogP contribution in [0.25, 0.3) is 0 Å². The summed E-state index contributed by atoms with van der Waals surface area (Å²) in [4.78, 5) is 21.4. The monoisotopic (exact) mass is 193 g/mol. The molecule has 0 bridgehead atoms. The van der Waals surface area contributed by atoms with Crippen molar-refractivity contribution in [1.82, 2.24) is 0 Å². The van der Waals surface area contributed by atoms with Crippen molar-refractivity contribution < 1.29 is 14.7 Å². The maximum Gasteiger partial charge on any atom is 0.336 e. The predicted molar refractivity (Wildman–Crippen MR) is 53.1 cm³/mol. The van der Waals surface area contributed by atoms with E-state index < -0.39 is 5.97 Å². The maximum atomic E-state index is 10.8. The zero-order chi connectivity index (χ0) is 10.7. The summed E-state index contributed by atoms with van der Waals surface area (Å²) < 4.78 is 0. The molecule has 1 rings (SSSR count). The van der Waals surface area contributed by atoms with E-state index >= 15 is 0 Å². The highest BCUT2D eigenvalue weighted by atomic mass is 16.4.